The van der Waals surface area contributed by atoms with Gasteiger partial charge in [-0.2, -0.15) is 0 Å². The third-order valence-corrected chi connectivity index (χ3v) is 2.86. The third kappa shape index (κ3) is 2.74. The largest absolute Gasteiger partial charge is 0.359 e. The van der Waals surface area contributed by atoms with Gasteiger partial charge in [0.1, 0.15) is 0 Å². The Morgan fingerprint density at radius 2 is 1.68 bits per heavy atom. The van der Waals surface area contributed by atoms with Crippen LogP contribution in [0.3, 0.4) is 0 Å². The zero-order valence-corrected chi connectivity index (χ0v) is 11.5. The number of benzene rings is 1. The predicted molar refractivity (Wildman–Crippen MR) is 76.6 cm³/mol. The SMILES string of the molecule is ClCCl.O=C1CCC(=O)N1c1c[nH]c2ccccc12. The summed E-state index contributed by atoms with van der Waals surface area (Å²) in [5.74, 6) is -0.232. The van der Waals surface area contributed by atoms with Crippen LogP contribution in [0.15, 0.2) is 30.5 Å². The molecule has 1 N–H and O–H groups in total. The first kappa shape index (κ1) is 13.9. The second-order valence-corrected chi connectivity index (χ2v) is 4.75. The third-order valence-electron chi connectivity index (χ3n) is 2.86. The van der Waals surface area contributed by atoms with E-state index in [0.717, 1.165) is 10.9 Å². The van der Waals surface area contributed by atoms with E-state index in [2.05, 4.69) is 4.98 Å². The van der Waals surface area contributed by atoms with Gasteiger partial charge < -0.3 is 4.98 Å². The number of carbonyl (C=O) groups is 2. The molecule has 0 unspecified atom stereocenters. The molecule has 0 saturated carbocycles. The van der Waals surface area contributed by atoms with Gasteiger partial charge in [0.25, 0.3) is 0 Å². The molecule has 0 aliphatic carbocycles. The summed E-state index contributed by atoms with van der Waals surface area (Å²) < 4.78 is 0. The molecule has 0 spiro atoms. The molecular weight excluding hydrogens is 287 g/mol. The summed E-state index contributed by atoms with van der Waals surface area (Å²) in [5.41, 5.74) is 1.60. The van der Waals surface area contributed by atoms with Crippen LogP contribution in [0.5, 0.6) is 0 Å². The number of rotatable bonds is 1. The number of alkyl halides is 2. The lowest BCUT2D eigenvalue weighted by Gasteiger charge is -2.11. The minimum atomic E-state index is -0.116. The molecule has 1 saturated heterocycles. The van der Waals surface area contributed by atoms with E-state index in [1.54, 1.807) is 6.20 Å². The normalized spacial score (nSPS) is 14.7. The van der Waals surface area contributed by atoms with Crippen molar-refractivity contribution in [2.24, 2.45) is 0 Å². The van der Waals surface area contributed by atoms with E-state index in [9.17, 15) is 9.59 Å². The van der Waals surface area contributed by atoms with Gasteiger partial charge in [0.15, 0.2) is 0 Å². The Morgan fingerprint density at radius 1 is 1.11 bits per heavy atom. The maximum atomic E-state index is 11.6. The van der Waals surface area contributed by atoms with E-state index in [-0.39, 0.29) is 17.2 Å². The first-order chi connectivity index (χ1) is 9.19. The van der Waals surface area contributed by atoms with Gasteiger partial charge in [-0.3, -0.25) is 9.59 Å². The van der Waals surface area contributed by atoms with Gasteiger partial charge in [-0.25, -0.2) is 4.90 Å². The smallest absolute Gasteiger partial charge is 0.234 e. The lowest BCUT2D eigenvalue weighted by molar-refractivity contribution is -0.121. The van der Waals surface area contributed by atoms with Crippen molar-refractivity contribution in [3.63, 3.8) is 0 Å². The Labute approximate surface area is 120 Å². The summed E-state index contributed by atoms with van der Waals surface area (Å²) in [5, 5.41) is 1.10. The molecule has 3 rings (SSSR count). The number of para-hydroxylation sites is 1. The van der Waals surface area contributed by atoms with Gasteiger partial charge in [0.05, 0.1) is 11.0 Å². The molecule has 1 aromatic heterocycles. The van der Waals surface area contributed by atoms with Gasteiger partial charge in [-0.1, -0.05) is 18.2 Å². The summed E-state index contributed by atoms with van der Waals surface area (Å²) in [6.07, 6.45) is 2.35. The summed E-state index contributed by atoms with van der Waals surface area (Å²) in [4.78, 5) is 27.6. The highest BCUT2D eigenvalue weighted by Crippen LogP contribution is 2.30. The number of H-pyrrole nitrogens is 1. The zero-order valence-electron chi connectivity index (χ0n) is 10.0. The summed E-state index contributed by atoms with van der Waals surface area (Å²) >= 11 is 9.53. The number of hydrogen-bond acceptors (Lipinski definition) is 2. The van der Waals surface area contributed by atoms with E-state index < -0.39 is 0 Å². The lowest BCUT2D eigenvalue weighted by atomic mass is 10.2. The van der Waals surface area contributed by atoms with Crippen molar-refractivity contribution in [3.8, 4) is 0 Å². The number of halogens is 2. The molecule has 0 radical (unpaired) electrons. The second kappa shape index (κ2) is 6.08. The molecule has 1 aliphatic rings. The van der Waals surface area contributed by atoms with Crippen LogP contribution >= 0.6 is 23.2 Å². The number of amides is 2. The van der Waals surface area contributed by atoms with Crippen molar-refractivity contribution in [2.75, 3.05) is 10.2 Å². The lowest BCUT2D eigenvalue weighted by Crippen LogP contribution is -2.28. The molecule has 2 amide bonds. The maximum absolute atomic E-state index is 11.6. The Bertz CT molecular complexity index is 593. The number of nitrogens with zero attached hydrogens (tertiary/aromatic N) is 1. The molecule has 2 heterocycles. The van der Waals surface area contributed by atoms with Crippen LogP contribution in [0, 0.1) is 0 Å². The number of carbonyl (C=O) groups excluding carboxylic acids is 2. The van der Waals surface area contributed by atoms with Crippen LogP contribution in [0.25, 0.3) is 10.9 Å². The van der Waals surface area contributed by atoms with Gasteiger partial charge in [0, 0.05) is 29.9 Å². The summed E-state index contributed by atoms with van der Waals surface area (Å²) in [6.45, 7) is 0. The highest BCUT2D eigenvalue weighted by molar-refractivity contribution is 6.40. The Balaban J connectivity index is 0.000000408. The fourth-order valence-electron chi connectivity index (χ4n) is 2.09. The van der Waals surface area contributed by atoms with Crippen molar-refractivity contribution in [2.45, 2.75) is 12.8 Å². The quantitative estimate of drug-likeness (QED) is 0.649. The topological polar surface area (TPSA) is 53.2 Å². The predicted octanol–water partition coefficient (Wildman–Crippen LogP) is 3.24. The van der Waals surface area contributed by atoms with Gasteiger partial charge in [0.2, 0.25) is 11.8 Å². The number of aromatic nitrogens is 1. The van der Waals surface area contributed by atoms with Gasteiger partial charge in [-0.15, -0.1) is 23.2 Å². The van der Waals surface area contributed by atoms with E-state index in [1.165, 1.54) is 4.90 Å². The van der Waals surface area contributed by atoms with E-state index in [4.69, 9.17) is 23.2 Å². The molecule has 1 aromatic carbocycles. The van der Waals surface area contributed by atoms with Crippen molar-refractivity contribution in [1.82, 2.24) is 4.98 Å². The summed E-state index contributed by atoms with van der Waals surface area (Å²) in [7, 11) is 0. The minimum Gasteiger partial charge on any atom is -0.359 e. The van der Waals surface area contributed by atoms with Crippen LogP contribution < -0.4 is 4.90 Å². The number of nitrogens with one attached hydrogen (secondary N) is 1. The average Bonchev–Trinajstić information content (AvgIpc) is 2.95. The minimum absolute atomic E-state index is 0.116. The van der Waals surface area contributed by atoms with E-state index in [1.807, 2.05) is 24.3 Å². The fourth-order valence-corrected chi connectivity index (χ4v) is 2.09. The van der Waals surface area contributed by atoms with E-state index >= 15 is 0 Å². The molecule has 19 heavy (non-hydrogen) atoms. The number of hydrogen-bond donors (Lipinski definition) is 1. The molecular formula is C13H12Cl2N2O2. The van der Waals surface area contributed by atoms with Crippen molar-refractivity contribution in [3.05, 3.63) is 30.5 Å². The Morgan fingerprint density at radius 3 is 2.32 bits per heavy atom. The average molecular weight is 299 g/mol. The molecule has 1 fully saturated rings. The van der Waals surface area contributed by atoms with Crippen molar-refractivity contribution >= 4 is 51.6 Å². The standard InChI is InChI=1S/C12H10N2O2.CH2Cl2/c15-11-5-6-12(16)14(11)10-7-13-9-4-2-1-3-8(9)10;2-1-3/h1-4,7,13H,5-6H2;1H2. The highest BCUT2D eigenvalue weighted by atomic mass is 35.5. The highest BCUT2D eigenvalue weighted by Gasteiger charge is 2.31. The zero-order chi connectivity index (χ0) is 13.8. The molecule has 6 heteroatoms. The number of fused-ring (bicyclic) bond motifs is 1. The summed E-state index contributed by atoms with van der Waals surface area (Å²) in [6, 6.07) is 7.63. The van der Waals surface area contributed by atoms with E-state index in [0.29, 0.717) is 18.5 Å². The second-order valence-electron chi connectivity index (χ2n) is 3.94. The molecule has 0 atom stereocenters. The first-order valence-electron chi connectivity index (χ1n) is 5.73. The maximum Gasteiger partial charge on any atom is 0.234 e. The van der Waals surface area contributed by atoms with Gasteiger partial charge in [-0.05, 0) is 6.07 Å². The monoisotopic (exact) mass is 298 g/mol. The van der Waals surface area contributed by atoms with Crippen molar-refractivity contribution in [1.29, 1.82) is 0 Å². The van der Waals surface area contributed by atoms with Crippen LogP contribution in [-0.4, -0.2) is 22.1 Å². The van der Waals surface area contributed by atoms with Gasteiger partial charge >= 0.3 is 0 Å². The Kier molecular flexibility index (Phi) is 4.45. The number of imide groups is 1. The fraction of sp³-hybridized carbons (Fsp3) is 0.231. The van der Waals surface area contributed by atoms with Crippen LogP contribution in [-0.2, 0) is 9.59 Å². The molecule has 2 aromatic rings. The molecule has 4 nitrogen and oxygen atoms in total. The first-order valence-corrected chi connectivity index (χ1v) is 6.79. The van der Waals surface area contributed by atoms with Crippen molar-refractivity contribution < 1.29 is 9.59 Å². The Hall–Kier alpha value is -1.52. The number of aromatic amines is 1. The molecule has 0 bridgehead atoms. The van der Waals surface area contributed by atoms with Crippen LogP contribution in [0.4, 0.5) is 5.69 Å². The van der Waals surface area contributed by atoms with Crippen LogP contribution in [0.2, 0.25) is 0 Å². The van der Waals surface area contributed by atoms with Crippen LogP contribution in [0.1, 0.15) is 12.8 Å². The molecule has 1 aliphatic heterocycles. The molecule has 100 valence electrons. The number of anilines is 1.